The minimum atomic E-state index is -0.194. The third kappa shape index (κ3) is 12.5. The van der Waals surface area contributed by atoms with Crippen LogP contribution in [0.5, 0.6) is 0 Å². The zero-order chi connectivity index (χ0) is 19.1. The van der Waals surface area contributed by atoms with Crippen molar-refractivity contribution < 1.29 is 19.0 Å². The SMILES string of the molecule is CCC(C)(CC)C(=O)CCOCCOCCOCCN(C)CC(C)C. The van der Waals surface area contributed by atoms with Crippen molar-refractivity contribution in [1.29, 1.82) is 0 Å². The van der Waals surface area contributed by atoms with E-state index in [9.17, 15) is 4.79 Å². The predicted octanol–water partition coefficient (Wildman–Crippen LogP) is 3.41. The van der Waals surface area contributed by atoms with Gasteiger partial charge in [-0.05, 0) is 25.8 Å². The zero-order valence-electron chi connectivity index (χ0n) is 17.4. The van der Waals surface area contributed by atoms with Crippen molar-refractivity contribution in [3.63, 3.8) is 0 Å². The molecule has 0 aliphatic heterocycles. The van der Waals surface area contributed by atoms with Gasteiger partial charge in [-0.1, -0.05) is 34.6 Å². The first-order chi connectivity index (χ1) is 11.9. The van der Waals surface area contributed by atoms with Gasteiger partial charge in [0.15, 0.2) is 0 Å². The van der Waals surface area contributed by atoms with E-state index in [1.807, 2.05) is 6.92 Å². The molecule has 0 spiro atoms. The Morgan fingerprint density at radius 3 is 1.88 bits per heavy atom. The van der Waals surface area contributed by atoms with Gasteiger partial charge in [0.2, 0.25) is 0 Å². The van der Waals surface area contributed by atoms with Gasteiger partial charge in [0, 0.05) is 24.9 Å². The molecular weight excluding hydrogens is 318 g/mol. The van der Waals surface area contributed by atoms with Crippen molar-refractivity contribution in [3.05, 3.63) is 0 Å². The minimum Gasteiger partial charge on any atom is -0.379 e. The summed E-state index contributed by atoms with van der Waals surface area (Å²) in [7, 11) is 2.12. The smallest absolute Gasteiger partial charge is 0.141 e. The third-order valence-electron chi connectivity index (χ3n) is 4.75. The molecule has 0 aromatic carbocycles. The summed E-state index contributed by atoms with van der Waals surface area (Å²) >= 11 is 0. The molecule has 0 heterocycles. The first kappa shape index (κ1) is 24.5. The van der Waals surface area contributed by atoms with Crippen LogP contribution >= 0.6 is 0 Å². The Balaban J connectivity index is 3.41. The van der Waals surface area contributed by atoms with E-state index < -0.39 is 0 Å². The summed E-state index contributed by atoms with van der Waals surface area (Å²) in [5.41, 5.74) is -0.194. The first-order valence-corrected chi connectivity index (χ1v) is 9.80. The van der Waals surface area contributed by atoms with Crippen molar-refractivity contribution in [2.45, 2.75) is 53.9 Å². The number of rotatable bonds is 17. The maximum absolute atomic E-state index is 12.1. The molecule has 0 saturated heterocycles. The summed E-state index contributed by atoms with van der Waals surface area (Å²) in [6.45, 7) is 16.1. The maximum Gasteiger partial charge on any atom is 0.141 e. The van der Waals surface area contributed by atoms with Crippen LogP contribution in [0.4, 0.5) is 0 Å². The van der Waals surface area contributed by atoms with E-state index in [2.05, 4.69) is 39.6 Å². The van der Waals surface area contributed by atoms with Crippen molar-refractivity contribution in [2.24, 2.45) is 11.3 Å². The van der Waals surface area contributed by atoms with E-state index in [-0.39, 0.29) is 5.41 Å². The largest absolute Gasteiger partial charge is 0.379 e. The fourth-order valence-electron chi connectivity index (χ4n) is 2.59. The van der Waals surface area contributed by atoms with E-state index in [0.717, 1.165) is 32.5 Å². The highest BCUT2D eigenvalue weighted by Gasteiger charge is 2.28. The van der Waals surface area contributed by atoms with Gasteiger partial charge in [-0.3, -0.25) is 4.79 Å². The highest BCUT2D eigenvalue weighted by molar-refractivity contribution is 5.84. The lowest BCUT2D eigenvalue weighted by Gasteiger charge is -2.24. The Labute approximate surface area is 155 Å². The number of carbonyl (C=O) groups is 1. The van der Waals surface area contributed by atoms with Gasteiger partial charge in [-0.2, -0.15) is 0 Å². The van der Waals surface area contributed by atoms with Crippen molar-refractivity contribution >= 4 is 5.78 Å². The summed E-state index contributed by atoms with van der Waals surface area (Å²) in [5.74, 6) is 0.982. The second-order valence-electron chi connectivity index (χ2n) is 7.43. The van der Waals surface area contributed by atoms with E-state index in [4.69, 9.17) is 14.2 Å². The molecule has 0 fully saturated rings. The van der Waals surface area contributed by atoms with Crippen LogP contribution < -0.4 is 0 Å². The Hall–Kier alpha value is -0.490. The molecule has 0 aliphatic rings. The van der Waals surface area contributed by atoms with Gasteiger partial charge in [0.05, 0.1) is 39.6 Å². The van der Waals surface area contributed by atoms with Crippen LogP contribution in [0.2, 0.25) is 0 Å². The van der Waals surface area contributed by atoms with Crippen LogP contribution in [0, 0.1) is 11.3 Å². The predicted molar refractivity (Wildman–Crippen MR) is 103 cm³/mol. The molecule has 5 heteroatoms. The molecule has 0 unspecified atom stereocenters. The van der Waals surface area contributed by atoms with Crippen molar-refractivity contribution in [3.8, 4) is 0 Å². The van der Waals surface area contributed by atoms with E-state index in [0.29, 0.717) is 51.2 Å². The number of ether oxygens (including phenoxy) is 3. The Bertz CT molecular complexity index is 330. The van der Waals surface area contributed by atoms with Gasteiger partial charge >= 0.3 is 0 Å². The molecular formula is C20H41NO4. The monoisotopic (exact) mass is 359 g/mol. The summed E-state index contributed by atoms with van der Waals surface area (Å²) in [6, 6.07) is 0. The van der Waals surface area contributed by atoms with Crippen LogP contribution in [-0.4, -0.2) is 70.5 Å². The lowest BCUT2D eigenvalue weighted by Crippen LogP contribution is -2.27. The van der Waals surface area contributed by atoms with E-state index in [1.54, 1.807) is 0 Å². The average molecular weight is 360 g/mol. The topological polar surface area (TPSA) is 48.0 Å². The standard InChI is InChI=1S/C20H41NO4/c1-7-20(5,8-2)19(22)9-11-23-13-15-25-16-14-24-12-10-21(6)17-18(3)4/h18H,7-17H2,1-6H3. The van der Waals surface area contributed by atoms with Crippen molar-refractivity contribution in [1.82, 2.24) is 4.90 Å². The number of ketones is 1. The van der Waals surface area contributed by atoms with E-state index >= 15 is 0 Å². The lowest BCUT2D eigenvalue weighted by atomic mass is 9.79. The number of likely N-dealkylation sites (N-methyl/N-ethyl adjacent to an activating group) is 1. The molecule has 150 valence electrons. The van der Waals surface area contributed by atoms with Gasteiger partial charge < -0.3 is 19.1 Å². The fourth-order valence-corrected chi connectivity index (χ4v) is 2.59. The highest BCUT2D eigenvalue weighted by atomic mass is 16.5. The number of Topliss-reactive ketones (excluding diaryl/α,β-unsaturated/α-hetero) is 1. The summed E-state index contributed by atoms with van der Waals surface area (Å²) in [5, 5.41) is 0. The zero-order valence-corrected chi connectivity index (χ0v) is 17.4. The first-order valence-electron chi connectivity index (χ1n) is 9.80. The molecule has 0 bridgehead atoms. The van der Waals surface area contributed by atoms with Gasteiger partial charge in [-0.15, -0.1) is 0 Å². The molecule has 0 N–H and O–H groups in total. The molecule has 0 aliphatic carbocycles. The number of hydrogen-bond donors (Lipinski definition) is 0. The van der Waals surface area contributed by atoms with Gasteiger partial charge in [0.1, 0.15) is 5.78 Å². The number of hydrogen-bond acceptors (Lipinski definition) is 5. The summed E-state index contributed by atoms with van der Waals surface area (Å²) < 4.78 is 16.5. The fraction of sp³-hybridized carbons (Fsp3) is 0.950. The Kier molecular flexibility index (Phi) is 14.4. The molecule has 0 amide bonds. The number of nitrogens with zero attached hydrogens (tertiary/aromatic N) is 1. The quantitative estimate of drug-likeness (QED) is 0.373. The molecule has 0 aromatic rings. The minimum absolute atomic E-state index is 0.194. The molecule has 0 aromatic heterocycles. The van der Waals surface area contributed by atoms with Crippen LogP contribution in [-0.2, 0) is 19.0 Å². The second kappa shape index (κ2) is 14.7. The summed E-state index contributed by atoms with van der Waals surface area (Å²) in [6.07, 6.45) is 2.27. The van der Waals surface area contributed by atoms with Gasteiger partial charge in [0.25, 0.3) is 0 Å². The molecule has 25 heavy (non-hydrogen) atoms. The molecule has 0 radical (unpaired) electrons. The lowest BCUT2D eigenvalue weighted by molar-refractivity contribution is -0.129. The second-order valence-corrected chi connectivity index (χ2v) is 7.43. The summed E-state index contributed by atoms with van der Waals surface area (Å²) in [4.78, 5) is 14.4. The normalized spacial score (nSPS) is 12.3. The highest BCUT2D eigenvalue weighted by Crippen LogP contribution is 2.27. The van der Waals surface area contributed by atoms with Gasteiger partial charge in [-0.25, -0.2) is 0 Å². The Morgan fingerprint density at radius 2 is 1.40 bits per heavy atom. The maximum atomic E-state index is 12.1. The van der Waals surface area contributed by atoms with Crippen molar-refractivity contribution in [2.75, 3.05) is 59.8 Å². The van der Waals surface area contributed by atoms with Crippen LogP contribution in [0.3, 0.4) is 0 Å². The van der Waals surface area contributed by atoms with Crippen LogP contribution in [0.25, 0.3) is 0 Å². The molecule has 0 rings (SSSR count). The third-order valence-corrected chi connectivity index (χ3v) is 4.75. The molecule has 0 atom stereocenters. The van der Waals surface area contributed by atoms with Crippen LogP contribution in [0.1, 0.15) is 53.9 Å². The average Bonchev–Trinajstić information content (AvgIpc) is 2.57. The molecule has 0 saturated carbocycles. The van der Waals surface area contributed by atoms with Crippen LogP contribution in [0.15, 0.2) is 0 Å². The van der Waals surface area contributed by atoms with E-state index in [1.165, 1.54) is 0 Å². The Morgan fingerprint density at radius 1 is 0.920 bits per heavy atom. The molecule has 5 nitrogen and oxygen atoms in total. The number of carbonyl (C=O) groups excluding carboxylic acids is 1.